The predicted octanol–water partition coefficient (Wildman–Crippen LogP) is 2.39. The predicted molar refractivity (Wildman–Crippen MR) is 81.1 cm³/mol. The Bertz CT molecular complexity index is 878. The summed E-state index contributed by atoms with van der Waals surface area (Å²) in [6.07, 6.45) is -1.42. The SMILES string of the molecule is O=C(Cn1nnc(-c2cccc(C(F)(F)F)c2)n1)Nc1cccnc1. The van der Waals surface area contributed by atoms with Crippen LogP contribution in [0.15, 0.2) is 48.8 Å². The lowest BCUT2D eigenvalue weighted by molar-refractivity contribution is -0.137. The van der Waals surface area contributed by atoms with Crippen LogP contribution >= 0.6 is 0 Å². The van der Waals surface area contributed by atoms with Gasteiger partial charge >= 0.3 is 6.18 Å². The van der Waals surface area contributed by atoms with E-state index in [1.165, 1.54) is 18.3 Å². The number of hydrogen-bond acceptors (Lipinski definition) is 5. The van der Waals surface area contributed by atoms with Crippen molar-refractivity contribution >= 4 is 11.6 Å². The third-order valence-electron chi connectivity index (χ3n) is 3.13. The van der Waals surface area contributed by atoms with Gasteiger partial charge in [-0.15, -0.1) is 10.2 Å². The van der Waals surface area contributed by atoms with E-state index in [0.717, 1.165) is 16.9 Å². The normalized spacial score (nSPS) is 11.3. The summed E-state index contributed by atoms with van der Waals surface area (Å²) >= 11 is 0. The first-order valence-corrected chi connectivity index (χ1v) is 7.07. The third kappa shape index (κ3) is 4.16. The Kier molecular flexibility index (Phi) is 4.42. The maximum Gasteiger partial charge on any atom is 0.416 e. The molecule has 0 bridgehead atoms. The Morgan fingerprint density at radius 3 is 2.76 bits per heavy atom. The van der Waals surface area contributed by atoms with Crippen molar-refractivity contribution in [3.63, 3.8) is 0 Å². The number of anilines is 1. The highest BCUT2D eigenvalue weighted by Crippen LogP contribution is 2.31. The lowest BCUT2D eigenvalue weighted by Gasteiger charge is -2.06. The zero-order chi connectivity index (χ0) is 17.9. The summed E-state index contributed by atoms with van der Waals surface area (Å²) in [4.78, 5) is 16.8. The first-order valence-electron chi connectivity index (χ1n) is 7.07. The van der Waals surface area contributed by atoms with E-state index in [9.17, 15) is 18.0 Å². The second-order valence-corrected chi connectivity index (χ2v) is 5.01. The number of carbonyl (C=O) groups excluding carboxylic acids is 1. The van der Waals surface area contributed by atoms with Gasteiger partial charge in [0.25, 0.3) is 0 Å². The number of carbonyl (C=O) groups is 1. The van der Waals surface area contributed by atoms with E-state index in [2.05, 4.69) is 25.7 Å². The molecule has 25 heavy (non-hydrogen) atoms. The van der Waals surface area contributed by atoms with Crippen LogP contribution in [0.5, 0.6) is 0 Å². The fourth-order valence-electron chi connectivity index (χ4n) is 2.03. The van der Waals surface area contributed by atoms with E-state index >= 15 is 0 Å². The summed E-state index contributed by atoms with van der Waals surface area (Å²) in [6, 6.07) is 7.90. The van der Waals surface area contributed by atoms with Gasteiger partial charge in [-0.2, -0.15) is 18.0 Å². The van der Waals surface area contributed by atoms with Crippen molar-refractivity contribution in [3.05, 3.63) is 54.4 Å². The van der Waals surface area contributed by atoms with E-state index in [4.69, 9.17) is 0 Å². The lowest BCUT2D eigenvalue weighted by Crippen LogP contribution is -2.20. The number of rotatable bonds is 4. The van der Waals surface area contributed by atoms with Crippen LogP contribution < -0.4 is 5.32 Å². The highest BCUT2D eigenvalue weighted by molar-refractivity contribution is 5.90. The number of nitrogens with one attached hydrogen (secondary N) is 1. The maximum absolute atomic E-state index is 12.7. The van der Waals surface area contributed by atoms with Crippen molar-refractivity contribution in [2.24, 2.45) is 0 Å². The number of alkyl halides is 3. The number of pyridine rings is 1. The van der Waals surface area contributed by atoms with Crippen LogP contribution in [-0.4, -0.2) is 31.1 Å². The van der Waals surface area contributed by atoms with Crippen LogP contribution in [-0.2, 0) is 17.5 Å². The molecule has 1 N–H and O–H groups in total. The molecular formula is C15H11F3N6O. The molecule has 0 radical (unpaired) electrons. The highest BCUT2D eigenvalue weighted by atomic mass is 19.4. The van der Waals surface area contributed by atoms with Gasteiger partial charge in [0.2, 0.25) is 11.7 Å². The van der Waals surface area contributed by atoms with Crippen molar-refractivity contribution in [1.29, 1.82) is 0 Å². The average molecular weight is 348 g/mol. The van der Waals surface area contributed by atoms with Gasteiger partial charge in [0, 0.05) is 11.8 Å². The van der Waals surface area contributed by atoms with Crippen LogP contribution in [0.25, 0.3) is 11.4 Å². The molecule has 0 aliphatic carbocycles. The molecule has 0 saturated carbocycles. The minimum atomic E-state index is -4.46. The van der Waals surface area contributed by atoms with E-state index in [0.29, 0.717) is 5.69 Å². The Morgan fingerprint density at radius 2 is 2.04 bits per heavy atom. The third-order valence-corrected chi connectivity index (χ3v) is 3.13. The summed E-state index contributed by atoms with van der Waals surface area (Å²) < 4.78 is 38.2. The molecule has 128 valence electrons. The molecule has 0 unspecified atom stereocenters. The van der Waals surface area contributed by atoms with Gasteiger partial charge in [-0.25, -0.2) is 0 Å². The molecular weight excluding hydrogens is 337 g/mol. The molecule has 7 nitrogen and oxygen atoms in total. The number of benzene rings is 1. The van der Waals surface area contributed by atoms with Crippen LogP contribution in [0.2, 0.25) is 0 Å². The Morgan fingerprint density at radius 1 is 1.20 bits per heavy atom. The van der Waals surface area contributed by atoms with Gasteiger partial charge in [-0.3, -0.25) is 9.78 Å². The van der Waals surface area contributed by atoms with Crippen molar-refractivity contribution < 1.29 is 18.0 Å². The standard InChI is InChI=1S/C15H11F3N6O/c16-15(17,18)11-4-1-3-10(7-11)14-21-23-24(22-14)9-13(25)20-12-5-2-6-19-8-12/h1-8H,9H2,(H,20,25). The molecule has 2 aromatic heterocycles. The van der Waals surface area contributed by atoms with Crippen molar-refractivity contribution in [2.75, 3.05) is 5.32 Å². The second-order valence-electron chi connectivity index (χ2n) is 5.01. The molecule has 1 aromatic carbocycles. The minimum absolute atomic E-state index is 0.000257. The molecule has 0 spiro atoms. The van der Waals surface area contributed by atoms with Crippen molar-refractivity contribution in [3.8, 4) is 11.4 Å². The second kappa shape index (κ2) is 6.67. The quantitative estimate of drug-likeness (QED) is 0.782. The number of aromatic nitrogens is 5. The van der Waals surface area contributed by atoms with Crippen LogP contribution in [0.3, 0.4) is 0 Å². The van der Waals surface area contributed by atoms with Crippen molar-refractivity contribution in [2.45, 2.75) is 12.7 Å². The summed E-state index contributed by atoms with van der Waals surface area (Å²) in [5.74, 6) is -0.415. The maximum atomic E-state index is 12.7. The molecule has 2 heterocycles. The van der Waals surface area contributed by atoms with Crippen LogP contribution in [0, 0.1) is 0 Å². The van der Waals surface area contributed by atoms with E-state index in [1.807, 2.05) is 0 Å². The molecule has 10 heteroatoms. The fraction of sp³-hybridized carbons (Fsp3) is 0.133. The summed E-state index contributed by atoms with van der Waals surface area (Å²) in [5.41, 5.74) is -0.143. The summed E-state index contributed by atoms with van der Waals surface area (Å²) in [6.45, 7) is -0.235. The smallest absolute Gasteiger partial charge is 0.323 e. The highest BCUT2D eigenvalue weighted by Gasteiger charge is 2.30. The first-order chi connectivity index (χ1) is 11.9. The number of amides is 1. The Hall–Kier alpha value is -3.30. The number of halogens is 3. The van der Waals surface area contributed by atoms with E-state index < -0.39 is 17.6 Å². The Labute approximate surface area is 139 Å². The van der Waals surface area contributed by atoms with Gasteiger partial charge in [-0.05, 0) is 29.5 Å². The molecule has 0 atom stereocenters. The number of tetrazole rings is 1. The zero-order valence-electron chi connectivity index (χ0n) is 12.6. The Balaban J connectivity index is 1.71. The minimum Gasteiger partial charge on any atom is -0.323 e. The molecule has 0 saturated heterocycles. The monoisotopic (exact) mass is 348 g/mol. The zero-order valence-corrected chi connectivity index (χ0v) is 12.6. The van der Waals surface area contributed by atoms with Gasteiger partial charge in [0.15, 0.2) is 0 Å². The molecule has 0 aliphatic heterocycles. The van der Waals surface area contributed by atoms with Gasteiger partial charge in [-0.1, -0.05) is 12.1 Å². The molecule has 3 aromatic rings. The largest absolute Gasteiger partial charge is 0.416 e. The number of hydrogen-bond donors (Lipinski definition) is 1. The van der Waals surface area contributed by atoms with Crippen molar-refractivity contribution in [1.82, 2.24) is 25.2 Å². The molecule has 1 amide bonds. The van der Waals surface area contributed by atoms with Gasteiger partial charge in [0.05, 0.1) is 17.4 Å². The number of nitrogens with zero attached hydrogens (tertiary/aromatic N) is 5. The van der Waals surface area contributed by atoms with Gasteiger partial charge < -0.3 is 5.32 Å². The fourth-order valence-corrected chi connectivity index (χ4v) is 2.03. The topological polar surface area (TPSA) is 85.6 Å². The van der Waals surface area contributed by atoms with Gasteiger partial charge in [0.1, 0.15) is 6.54 Å². The van der Waals surface area contributed by atoms with Crippen LogP contribution in [0.1, 0.15) is 5.56 Å². The summed E-state index contributed by atoms with van der Waals surface area (Å²) in [7, 11) is 0. The summed E-state index contributed by atoms with van der Waals surface area (Å²) in [5, 5.41) is 13.9. The first kappa shape index (κ1) is 16.6. The van der Waals surface area contributed by atoms with E-state index in [-0.39, 0.29) is 17.9 Å². The molecule has 0 aliphatic rings. The molecule has 3 rings (SSSR count). The average Bonchev–Trinajstić information content (AvgIpc) is 3.03. The lowest BCUT2D eigenvalue weighted by atomic mass is 10.1. The van der Waals surface area contributed by atoms with E-state index in [1.54, 1.807) is 18.3 Å². The van der Waals surface area contributed by atoms with Crippen LogP contribution in [0.4, 0.5) is 18.9 Å². The molecule has 0 fully saturated rings.